The summed E-state index contributed by atoms with van der Waals surface area (Å²) in [6.45, 7) is 6.68. The molecule has 0 unspecified atom stereocenters. The Labute approximate surface area is 162 Å². The van der Waals surface area contributed by atoms with E-state index >= 15 is 0 Å². The highest BCUT2D eigenvalue weighted by molar-refractivity contribution is 6.02. The quantitative estimate of drug-likeness (QED) is 0.693. The van der Waals surface area contributed by atoms with Gasteiger partial charge in [0.05, 0.1) is 37.7 Å². The third-order valence-corrected chi connectivity index (χ3v) is 6.13. The summed E-state index contributed by atoms with van der Waals surface area (Å²) in [6, 6.07) is 1.73. The number of ether oxygens (including phenoxy) is 2. The summed E-state index contributed by atoms with van der Waals surface area (Å²) < 4.78 is 16.6. The average molecular weight is 388 g/mol. The predicted molar refractivity (Wildman–Crippen MR) is 97.6 cm³/mol. The van der Waals surface area contributed by atoms with E-state index in [0.717, 1.165) is 32.8 Å². The van der Waals surface area contributed by atoms with Gasteiger partial charge in [-0.2, -0.15) is 0 Å². The molecule has 5 heterocycles. The van der Waals surface area contributed by atoms with Gasteiger partial charge < -0.3 is 19.3 Å². The average Bonchev–Trinajstić information content (AvgIpc) is 3.44. The number of hydrogen-bond acceptors (Lipinski definition) is 7. The lowest BCUT2D eigenvalue weighted by Crippen LogP contribution is -2.46. The number of morpholine rings is 1. The molecule has 28 heavy (non-hydrogen) atoms. The Morgan fingerprint density at radius 3 is 2.96 bits per heavy atom. The van der Waals surface area contributed by atoms with Crippen LogP contribution in [0.15, 0.2) is 22.7 Å². The Morgan fingerprint density at radius 1 is 1.39 bits per heavy atom. The Balaban J connectivity index is 1.27. The van der Waals surface area contributed by atoms with E-state index < -0.39 is 17.4 Å². The molecule has 2 bridgehead atoms. The predicted octanol–water partition coefficient (Wildman–Crippen LogP) is -0.282. The fraction of sp³-hybridized carbons (Fsp3) is 0.632. The lowest BCUT2D eigenvalue weighted by Gasteiger charge is -2.27. The molecule has 1 aromatic rings. The van der Waals surface area contributed by atoms with Crippen LogP contribution in [0.4, 0.5) is 5.82 Å². The van der Waals surface area contributed by atoms with Crippen molar-refractivity contribution >= 4 is 17.6 Å². The molecule has 3 fully saturated rings. The topological polar surface area (TPSA) is 97.1 Å². The number of hydrogen-bond donors (Lipinski definition) is 1. The molecule has 4 aliphatic rings. The first-order valence-corrected chi connectivity index (χ1v) is 9.77. The second-order valence-electron chi connectivity index (χ2n) is 7.87. The zero-order chi connectivity index (χ0) is 19.3. The lowest BCUT2D eigenvalue weighted by atomic mass is 9.77. The molecule has 1 spiro atoms. The number of fused-ring (bicyclic) bond motifs is 1. The van der Waals surface area contributed by atoms with Crippen molar-refractivity contribution in [2.75, 3.05) is 50.8 Å². The van der Waals surface area contributed by atoms with E-state index in [1.807, 2.05) is 12.2 Å². The SMILES string of the molecule is Cc1cc(N2C[C@@]34C=C[C@@H](O3)[C@@H](C(=O)NCCN3CCOCC3)[C@H]4C2=O)no1. The molecule has 2 amide bonds. The van der Waals surface area contributed by atoms with Crippen molar-refractivity contribution in [3.05, 3.63) is 24.0 Å². The first kappa shape index (κ1) is 17.8. The van der Waals surface area contributed by atoms with Crippen LogP contribution in [-0.2, 0) is 19.1 Å². The molecule has 150 valence electrons. The fourth-order valence-corrected chi connectivity index (χ4v) is 4.75. The van der Waals surface area contributed by atoms with Gasteiger partial charge >= 0.3 is 0 Å². The van der Waals surface area contributed by atoms with Gasteiger partial charge in [0.2, 0.25) is 11.8 Å². The number of carbonyl (C=O) groups is 2. The second kappa shape index (κ2) is 6.68. The van der Waals surface area contributed by atoms with Gasteiger partial charge in [0, 0.05) is 32.2 Å². The van der Waals surface area contributed by atoms with Crippen LogP contribution in [0.1, 0.15) is 5.76 Å². The summed E-state index contributed by atoms with van der Waals surface area (Å²) in [5, 5.41) is 6.97. The number of rotatable bonds is 5. The van der Waals surface area contributed by atoms with Gasteiger partial charge in [-0.3, -0.25) is 19.4 Å². The maximum Gasteiger partial charge on any atom is 0.235 e. The van der Waals surface area contributed by atoms with Crippen molar-refractivity contribution in [3.8, 4) is 0 Å². The molecule has 9 nitrogen and oxygen atoms in total. The van der Waals surface area contributed by atoms with Gasteiger partial charge in [0.1, 0.15) is 11.4 Å². The summed E-state index contributed by atoms with van der Waals surface area (Å²) in [7, 11) is 0. The summed E-state index contributed by atoms with van der Waals surface area (Å²) in [4.78, 5) is 29.9. The van der Waals surface area contributed by atoms with Gasteiger partial charge in [-0.05, 0) is 6.92 Å². The van der Waals surface area contributed by atoms with Crippen molar-refractivity contribution < 1.29 is 23.6 Å². The zero-order valence-corrected chi connectivity index (χ0v) is 15.8. The van der Waals surface area contributed by atoms with E-state index in [0.29, 0.717) is 24.7 Å². The normalized spacial score (nSPS) is 34.2. The van der Waals surface area contributed by atoms with E-state index in [9.17, 15) is 9.59 Å². The summed E-state index contributed by atoms with van der Waals surface area (Å²) >= 11 is 0. The van der Waals surface area contributed by atoms with Crippen LogP contribution in [0.5, 0.6) is 0 Å². The molecule has 4 atom stereocenters. The maximum absolute atomic E-state index is 13.1. The monoisotopic (exact) mass is 388 g/mol. The molecule has 1 N–H and O–H groups in total. The number of aromatic nitrogens is 1. The van der Waals surface area contributed by atoms with E-state index in [4.69, 9.17) is 14.0 Å². The highest BCUT2D eigenvalue weighted by Gasteiger charge is 2.67. The van der Waals surface area contributed by atoms with Crippen molar-refractivity contribution in [1.29, 1.82) is 0 Å². The standard InChI is InChI=1S/C19H24N4O5/c1-12-10-14(21-28-12)23-11-19-3-2-13(27-19)15(16(19)18(23)25)17(24)20-4-5-22-6-8-26-9-7-22/h2-3,10,13,15-16H,4-9,11H2,1H3,(H,20,24)/t13-,15-,16+,19-/m1/s1. The largest absolute Gasteiger partial charge is 0.379 e. The Hall–Kier alpha value is -2.23. The minimum atomic E-state index is -0.749. The third kappa shape index (κ3) is 2.76. The smallest absolute Gasteiger partial charge is 0.235 e. The Morgan fingerprint density at radius 2 is 2.21 bits per heavy atom. The van der Waals surface area contributed by atoms with Gasteiger partial charge in [0.15, 0.2) is 5.82 Å². The Kier molecular flexibility index (Phi) is 4.26. The summed E-state index contributed by atoms with van der Waals surface area (Å²) in [5.41, 5.74) is -0.749. The minimum absolute atomic E-state index is 0.124. The van der Waals surface area contributed by atoms with Gasteiger partial charge in [-0.15, -0.1) is 0 Å². The molecule has 0 aromatic carbocycles. The van der Waals surface area contributed by atoms with Gasteiger partial charge in [0.25, 0.3) is 0 Å². The van der Waals surface area contributed by atoms with Crippen LogP contribution in [0.3, 0.4) is 0 Å². The molecule has 3 saturated heterocycles. The molecule has 0 saturated carbocycles. The first-order valence-electron chi connectivity index (χ1n) is 9.77. The molecule has 1 aromatic heterocycles. The van der Waals surface area contributed by atoms with Gasteiger partial charge in [-0.25, -0.2) is 0 Å². The first-order chi connectivity index (χ1) is 13.6. The van der Waals surface area contributed by atoms with Crippen LogP contribution in [0.25, 0.3) is 0 Å². The molecule has 9 heteroatoms. The highest BCUT2D eigenvalue weighted by atomic mass is 16.5. The van der Waals surface area contributed by atoms with Crippen molar-refractivity contribution in [2.24, 2.45) is 11.8 Å². The Bertz CT molecular complexity index is 817. The zero-order valence-electron chi connectivity index (χ0n) is 15.8. The van der Waals surface area contributed by atoms with E-state index in [-0.39, 0.29) is 17.9 Å². The second-order valence-corrected chi connectivity index (χ2v) is 7.87. The van der Waals surface area contributed by atoms with Gasteiger partial charge in [-0.1, -0.05) is 17.3 Å². The molecule has 5 rings (SSSR count). The van der Waals surface area contributed by atoms with Crippen LogP contribution in [0.2, 0.25) is 0 Å². The van der Waals surface area contributed by atoms with Crippen LogP contribution >= 0.6 is 0 Å². The van der Waals surface area contributed by atoms with E-state index in [2.05, 4.69) is 15.4 Å². The fourth-order valence-electron chi connectivity index (χ4n) is 4.75. The number of nitrogens with zero attached hydrogens (tertiary/aromatic N) is 3. The third-order valence-electron chi connectivity index (χ3n) is 6.13. The van der Waals surface area contributed by atoms with Crippen molar-refractivity contribution in [1.82, 2.24) is 15.4 Å². The maximum atomic E-state index is 13.1. The number of anilines is 1. The minimum Gasteiger partial charge on any atom is -0.379 e. The number of aryl methyl sites for hydroxylation is 1. The molecule has 0 aliphatic carbocycles. The molecular weight excluding hydrogens is 364 g/mol. The molecule has 0 radical (unpaired) electrons. The molecular formula is C19H24N4O5. The van der Waals surface area contributed by atoms with Crippen molar-refractivity contribution in [2.45, 2.75) is 18.6 Å². The number of carbonyl (C=O) groups excluding carboxylic acids is 2. The molecule has 4 aliphatic heterocycles. The number of nitrogens with one attached hydrogen (secondary N) is 1. The number of amides is 2. The van der Waals surface area contributed by atoms with Crippen LogP contribution < -0.4 is 10.2 Å². The van der Waals surface area contributed by atoms with Crippen LogP contribution in [-0.4, -0.2) is 79.5 Å². The van der Waals surface area contributed by atoms with E-state index in [1.54, 1.807) is 17.9 Å². The lowest BCUT2D eigenvalue weighted by molar-refractivity contribution is -0.132. The van der Waals surface area contributed by atoms with Crippen molar-refractivity contribution in [3.63, 3.8) is 0 Å². The van der Waals surface area contributed by atoms with Crippen LogP contribution in [0, 0.1) is 18.8 Å². The summed E-state index contributed by atoms with van der Waals surface area (Å²) in [6.07, 6.45) is 3.50. The highest BCUT2D eigenvalue weighted by Crippen LogP contribution is 2.52. The van der Waals surface area contributed by atoms with E-state index in [1.165, 1.54) is 0 Å². The summed E-state index contributed by atoms with van der Waals surface area (Å²) in [5.74, 6) is -0.189.